The molecule has 2 heterocycles. The van der Waals surface area contributed by atoms with Crippen LogP contribution < -0.4 is 20.1 Å². The van der Waals surface area contributed by atoms with E-state index in [1.807, 2.05) is 0 Å². The molecule has 5 rings (SSSR count). The lowest BCUT2D eigenvalue weighted by atomic mass is 9.86. The number of nitrogens with zero attached hydrogens (tertiary/aromatic N) is 2. The van der Waals surface area contributed by atoms with Crippen LogP contribution in [0.5, 0.6) is 11.6 Å². The lowest BCUT2D eigenvalue weighted by Crippen LogP contribution is -2.64. The minimum atomic E-state index is -4.72. The van der Waals surface area contributed by atoms with Crippen LogP contribution in [0.25, 0.3) is 10.9 Å². The largest absolute Gasteiger partial charge is 0.488 e. The van der Waals surface area contributed by atoms with E-state index in [4.69, 9.17) is 34.2 Å². The van der Waals surface area contributed by atoms with Crippen molar-refractivity contribution in [3.8, 4) is 11.6 Å². The number of hydrogen-bond donors (Lipinski definition) is 2. The van der Waals surface area contributed by atoms with Crippen LogP contribution >= 0.6 is 11.6 Å². The number of likely N-dealkylation sites (tertiary alicyclic amines) is 1. The number of halogens is 1. The Morgan fingerprint density at radius 3 is 2.37 bits per heavy atom. The quantitative estimate of drug-likeness (QED) is 0.254. The molecule has 0 spiro atoms. The van der Waals surface area contributed by atoms with Gasteiger partial charge in [0.05, 0.1) is 29.3 Å². The average molecular weight is 795 g/mol. The molecule has 15 nitrogen and oxygen atoms in total. The monoisotopic (exact) mass is 794 g/mol. The number of rotatable bonds is 14. The van der Waals surface area contributed by atoms with Gasteiger partial charge in [-0.25, -0.2) is 18.8 Å². The van der Waals surface area contributed by atoms with Gasteiger partial charge < -0.3 is 33.9 Å². The van der Waals surface area contributed by atoms with Gasteiger partial charge in [0, 0.05) is 17.9 Å². The Morgan fingerprint density at radius 2 is 1.80 bits per heavy atom. The number of carbonyl (C=O) groups is 4. The van der Waals surface area contributed by atoms with Gasteiger partial charge >= 0.3 is 22.5 Å². The molecule has 2 N–H and O–H groups in total. The van der Waals surface area contributed by atoms with E-state index in [-0.39, 0.29) is 25.3 Å². The van der Waals surface area contributed by atoms with Crippen LogP contribution in [0.1, 0.15) is 94.4 Å². The van der Waals surface area contributed by atoms with Gasteiger partial charge in [0.25, 0.3) is 0 Å². The summed E-state index contributed by atoms with van der Waals surface area (Å²) < 4.78 is 53.0. The summed E-state index contributed by atoms with van der Waals surface area (Å²) in [6, 6.07) is 5.59. The number of para-hydroxylation sites is 1. The average Bonchev–Trinajstić information content (AvgIpc) is 3.92. The van der Waals surface area contributed by atoms with Gasteiger partial charge in [-0.2, -0.15) is 8.42 Å². The molecular weight excluding hydrogens is 744 g/mol. The number of ether oxygens (including phenoxy) is 3. The molecule has 0 unspecified atom stereocenters. The van der Waals surface area contributed by atoms with Crippen molar-refractivity contribution in [2.75, 3.05) is 13.2 Å². The second-order valence-electron chi connectivity index (χ2n) is 16.0. The fourth-order valence-electron chi connectivity index (χ4n) is 6.54. The van der Waals surface area contributed by atoms with Gasteiger partial charge in [0.15, 0.2) is 0 Å². The first-order valence-electron chi connectivity index (χ1n) is 18.3. The molecule has 3 aliphatic rings. The van der Waals surface area contributed by atoms with Crippen molar-refractivity contribution in [1.82, 2.24) is 20.5 Å². The van der Waals surface area contributed by atoms with Crippen LogP contribution in [-0.4, -0.2) is 89.8 Å². The van der Waals surface area contributed by atoms with E-state index in [9.17, 15) is 27.6 Å². The smallest absolute Gasteiger partial charge is 0.452 e. The van der Waals surface area contributed by atoms with Crippen molar-refractivity contribution in [1.29, 1.82) is 0 Å². The predicted octanol–water partition coefficient (Wildman–Crippen LogP) is 5.22. The number of aromatic nitrogens is 1. The van der Waals surface area contributed by atoms with Crippen molar-refractivity contribution in [2.24, 2.45) is 11.8 Å². The summed E-state index contributed by atoms with van der Waals surface area (Å²) in [4.78, 5) is 61.4. The lowest BCUT2D eigenvalue weighted by Gasteiger charge is -2.38. The van der Waals surface area contributed by atoms with Crippen molar-refractivity contribution in [2.45, 2.75) is 129 Å². The van der Waals surface area contributed by atoms with E-state index in [1.54, 1.807) is 86.6 Å². The zero-order chi connectivity index (χ0) is 40.0. The Balaban J connectivity index is 1.47. The number of benzene rings is 1. The summed E-state index contributed by atoms with van der Waals surface area (Å²) in [5.74, 6) is -2.79. The van der Waals surface area contributed by atoms with E-state index in [1.165, 1.54) is 4.90 Å². The summed E-state index contributed by atoms with van der Waals surface area (Å²) in [6.45, 7) is 15.6. The second kappa shape index (κ2) is 15.0. The van der Waals surface area contributed by atoms with Crippen molar-refractivity contribution >= 4 is 56.8 Å². The molecule has 5 atom stereocenters. The Bertz CT molecular complexity index is 1910. The third kappa shape index (κ3) is 8.97. The summed E-state index contributed by atoms with van der Waals surface area (Å²) >= 11 is 6.49. The van der Waals surface area contributed by atoms with E-state index in [0.717, 1.165) is 0 Å². The van der Waals surface area contributed by atoms with Crippen LogP contribution in [0.3, 0.4) is 0 Å². The Morgan fingerprint density at radius 1 is 1.11 bits per heavy atom. The van der Waals surface area contributed by atoms with Crippen LogP contribution in [0.4, 0.5) is 4.79 Å². The standard InChI is InChI=1S/C37H51ClN4O11S/c1-10-22-19-37(22,32(45)52-54(47,48)53-35(8)15-16-35)40-30(43)26-17-23(50-27-18-28(49-11-2)39-29-24(27)13-12-14-25(29)38)20-42(26)31(44)36(9,21(3)4)41-33(46)51-34(5,6)7/h12-14,18,21-23,26H,10-11,15-17,19-20H2,1-9H3,(H,40,43)(H,41,46)/t22-,23-,26+,36+,37-/m1/s1. The fourth-order valence-corrected chi connectivity index (χ4v) is 7.79. The molecule has 0 bridgehead atoms. The molecule has 2 saturated carbocycles. The molecule has 3 amide bonds. The number of pyridine rings is 1. The number of alkyl carbamates (subject to hydrolysis) is 1. The molecule has 0 radical (unpaired) electrons. The maximum atomic E-state index is 14.7. The Labute approximate surface area is 321 Å². The van der Waals surface area contributed by atoms with Gasteiger partial charge in [-0.3, -0.25) is 9.59 Å². The first-order chi connectivity index (χ1) is 25.0. The molecule has 1 aromatic carbocycles. The number of hydrogen-bond acceptors (Lipinski definition) is 12. The van der Waals surface area contributed by atoms with Crippen LogP contribution in [0, 0.1) is 11.8 Å². The molecular formula is C37H51ClN4O11S. The van der Waals surface area contributed by atoms with Gasteiger partial charge in [-0.15, -0.1) is 0 Å². The van der Waals surface area contributed by atoms with Gasteiger partial charge in [-0.1, -0.05) is 44.9 Å². The van der Waals surface area contributed by atoms with E-state index >= 15 is 0 Å². The first kappa shape index (κ1) is 41.3. The highest BCUT2D eigenvalue weighted by atomic mass is 35.5. The SMILES string of the molecule is CCOc1cc(O[C@@H]2C[C@@H](C(=O)N[C@]3(C(=O)OS(=O)(=O)OC4(C)CC4)C[C@H]3CC)N(C(=O)[C@@](C)(NC(=O)OC(C)(C)C)C(C)C)C2)c2cccc(Cl)c2n1. The fraction of sp³-hybridized carbons (Fsp3) is 0.649. The van der Waals surface area contributed by atoms with Gasteiger partial charge in [0.1, 0.15) is 34.6 Å². The maximum absolute atomic E-state index is 14.7. The Kier molecular flexibility index (Phi) is 11.5. The number of amides is 3. The number of nitrogens with one attached hydrogen (secondary N) is 2. The minimum Gasteiger partial charge on any atom is -0.488 e. The summed E-state index contributed by atoms with van der Waals surface area (Å²) in [5, 5.41) is 6.42. The van der Waals surface area contributed by atoms with Gasteiger partial charge in [0.2, 0.25) is 17.7 Å². The highest BCUT2D eigenvalue weighted by Gasteiger charge is 2.64. The second-order valence-corrected chi connectivity index (χ2v) is 17.6. The molecule has 298 valence electrons. The molecule has 2 aromatic rings. The van der Waals surface area contributed by atoms with E-state index in [0.29, 0.717) is 47.5 Å². The van der Waals surface area contributed by atoms with Crippen molar-refractivity contribution in [3.05, 3.63) is 29.3 Å². The Hall–Kier alpha value is -3.89. The molecule has 54 heavy (non-hydrogen) atoms. The molecule has 17 heteroatoms. The summed E-state index contributed by atoms with van der Waals surface area (Å²) in [7, 11) is -4.72. The lowest BCUT2D eigenvalue weighted by molar-refractivity contribution is -0.147. The summed E-state index contributed by atoms with van der Waals surface area (Å²) in [5.41, 5.74) is -4.58. The molecule has 2 aliphatic carbocycles. The minimum absolute atomic E-state index is 0.0335. The highest BCUT2D eigenvalue weighted by Crippen LogP contribution is 2.48. The normalized spacial score (nSPS) is 24.4. The van der Waals surface area contributed by atoms with Crippen LogP contribution in [-0.2, 0) is 37.9 Å². The third-order valence-electron chi connectivity index (χ3n) is 10.2. The zero-order valence-electron chi connectivity index (χ0n) is 32.2. The number of carbonyl (C=O) groups excluding carboxylic acids is 4. The molecule has 3 fully saturated rings. The summed E-state index contributed by atoms with van der Waals surface area (Å²) in [6.07, 6.45) is -0.102. The van der Waals surface area contributed by atoms with Crippen LogP contribution in [0.15, 0.2) is 24.3 Å². The predicted molar refractivity (Wildman–Crippen MR) is 198 cm³/mol. The van der Waals surface area contributed by atoms with E-state index < -0.39 is 80.5 Å². The third-order valence-corrected chi connectivity index (χ3v) is 11.5. The first-order valence-corrected chi connectivity index (χ1v) is 20.0. The maximum Gasteiger partial charge on any atom is 0.452 e. The van der Waals surface area contributed by atoms with E-state index in [2.05, 4.69) is 15.6 Å². The number of fused-ring (bicyclic) bond motifs is 1. The molecule has 1 aromatic heterocycles. The highest BCUT2D eigenvalue weighted by molar-refractivity contribution is 7.82. The van der Waals surface area contributed by atoms with Gasteiger partial charge in [-0.05, 0) is 84.8 Å². The van der Waals surface area contributed by atoms with Crippen molar-refractivity contribution < 1.29 is 50.2 Å². The van der Waals surface area contributed by atoms with Crippen molar-refractivity contribution in [3.63, 3.8) is 0 Å². The molecule has 1 saturated heterocycles. The van der Waals surface area contributed by atoms with Crippen LogP contribution in [0.2, 0.25) is 5.02 Å². The zero-order valence-corrected chi connectivity index (χ0v) is 33.8. The topological polar surface area (TPSA) is 189 Å². The molecule has 1 aliphatic heterocycles.